The molecule has 0 aliphatic carbocycles. The number of ether oxygens (including phenoxy) is 1. The molecule has 2 heterocycles. The summed E-state index contributed by atoms with van der Waals surface area (Å²) in [6, 6.07) is 3.65. The van der Waals surface area contributed by atoms with E-state index in [2.05, 4.69) is 0 Å². The lowest BCUT2D eigenvalue weighted by molar-refractivity contribution is -0.0860. The average Bonchev–Trinajstić information content (AvgIpc) is 2.73. The van der Waals surface area contributed by atoms with Crippen molar-refractivity contribution in [1.82, 2.24) is 9.47 Å². The number of carbonyl (C=O) groups excluding carboxylic acids is 1. The van der Waals surface area contributed by atoms with Gasteiger partial charge in [-0.15, -0.1) is 0 Å². The minimum absolute atomic E-state index is 0.00824. The van der Waals surface area contributed by atoms with Crippen LogP contribution in [0.2, 0.25) is 0 Å². The molecule has 0 spiro atoms. The quantitative estimate of drug-likeness (QED) is 0.803. The molecule has 1 saturated heterocycles. The van der Waals surface area contributed by atoms with Crippen molar-refractivity contribution in [3.8, 4) is 0 Å². The molecule has 17 heavy (non-hydrogen) atoms. The molecule has 1 amide bonds. The Morgan fingerprint density at radius 1 is 1.59 bits per heavy atom. The lowest BCUT2D eigenvalue weighted by atomic mass is 10.2. The molecule has 0 bridgehead atoms. The van der Waals surface area contributed by atoms with E-state index in [1.165, 1.54) is 0 Å². The molecule has 0 radical (unpaired) electrons. The summed E-state index contributed by atoms with van der Waals surface area (Å²) in [6.07, 6.45) is 1.54. The predicted octanol–water partition coefficient (Wildman–Crippen LogP) is 0.247. The number of aryl methyl sites for hydroxylation is 1. The zero-order valence-corrected chi connectivity index (χ0v) is 10.2. The van der Waals surface area contributed by atoms with Gasteiger partial charge in [-0.2, -0.15) is 0 Å². The number of nitrogens with zero attached hydrogens (tertiary/aromatic N) is 2. The minimum atomic E-state index is -0.275. The third kappa shape index (κ3) is 2.50. The van der Waals surface area contributed by atoms with Crippen LogP contribution in [0.5, 0.6) is 0 Å². The van der Waals surface area contributed by atoms with Gasteiger partial charge < -0.3 is 19.3 Å². The van der Waals surface area contributed by atoms with Gasteiger partial charge in [0.1, 0.15) is 5.69 Å². The minimum Gasteiger partial charge on any atom is -0.394 e. The highest BCUT2D eigenvalue weighted by atomic mass is 16.5. The van der Waals surface area contributed by atoms with Crippen LogP contribution in [0.4, 0.5) is 0 Å². The normalized spacial score (nSPS) is 25.0. The maximum Gasteiger partial charge on any atom is 0.270 e. The number of aliphatic hydroxyl groups is 1. The maximum atomic E-state index is 12.3. The third-order valence-electron chi connectivity index (χ3n) is 2.98. The molecular weight excluding hydrogens is 220 g/mol. The first-order chi connectivity index (χ1) is 8.11. The van der Waals surface area contributed by atoms with E-state index >= 15 is 0 Å². The molecule has 1 aliphatic rings. The fourth-order valence-electron chi connectivity index (χ4n) is 2.16. The molecule has 1 aromatic rings. The Labute approximate surface area is 101 Å². The van der Waals surface area contributed by atoms with Crippen molar-refractivity contribution in [2.45, 2.75) is 19.1 Å². The van der Waals surface area contributed by atoms with Gasteiger partial charge in [0.05, 0.1) is 18.8 Å². The van der Waals surface area contributed by atoms with Gasteiger partial charge in [0.15, 0.2) is 0 Å². The van der Waals surface area contributed by atoms with E-state index in [9.17, 15) is 4.79 Å². The Hall–Kier alpha value is -1.33. The fourth-order valence-corrected chi connectivity index (χ4v) is 2.16. The number of aliphatic hydroxyl groups excluding tert-OH is 1. The van der Waals surface area contributed by atoms with E-state index in [0.29, 0.717) is 18.8 Å². The van der Waals surface area contributed by atoms with Crippen LogP contribution in [0, 0.1) is 0 Å². The number of hydrogen-bond acceptors (Lipinski definition) is 3. The lowest BCUT2D eigenvalue weighted by Crippen LogP contribution is -2.50. The van der Waals surface area contributed by atoms with E-state index in [1.54, 1.807) is 15.5 Å². The van der Waals surface area contributed by atoms with Gasteiger partial charge in [-0.05, 0) is 19.1 Å². The monoisotopic (exact) mass is 238 g/mol. The fraction of sp³-hybridized carbons (Fsp3) is 0.583. The van der Waals surface area contributed by atoms with Crippen molar-refractivity contribution in [1.29, 1.82) is 0 Å². The van der Waals surface area contributed by atoms with Crippen LogP contribution in [0.1, 0.15) is 17.4 Å². The molecule has 5 nitrogen and oxygen atoms in total. The first kappa shape index (κ1) is 12.1. The van der Waals surface area contributed by atoms with Crippen LogP contribution in [-0.2, 0) is 11.8 Å². The van der Waals surface area contributed by atoms with Crippen molar-refractivity contribution < 1.29 is 14.6 Å². The summed E-state index contributed by atoms with van der Waals surface area (Å²) in [5.74, 6) is -0.00824. The summed E-state index contributed by atoms with van der Waals surface area (Å²) >= 11 is 0. The van der Waals surface area contributed by atoms with Crippen molar-refractivity contribution in [3.63, 3.8) is 0 Å². The van der Waals surface area contributed by atoms with Gasteiger partial charge in [-0.1, -0.05) is 0 Å². The molecule has 0 saturated carbocycles. The largest absolute Gasteiger partial charge is 0.394 e. The number of carbonyl (C=O) groups is 1. The molecule has 1 aromatic heterocycles. The molecule has 2 atom stereocenters. The highest BCUT2D eigenvalue weighted by Crippen LogP contribution is 2.14. The lowest BCUT2D eigenvalue weighted by Gasteiger charge is -2.36. The number of morpholine rings is 1. The highest BCUT2D eigenvalue weighted by Gasteiger charge is 2.29. The van der Waals surface area contributed by atoms with Gasteiger partial charge in [-0.3, -0.25) is 4.79 Å². The summed E-state index contributed by atoms with van der Waals surface area (Å²) < 4.78 is 7.31. The van der Waals surface area contributed by atoms with Crippen molar-refractivity contribution in [2.75, 3.05) is 19.7 Å². The van der Waals surface area contributed by atoms with Gasteiger partial charge in [0.25, 0.3) is 5.91 Å². The van der Waals surface area contributed by atoms with Crippen LogP contribution in [0.3, 0.4) is 0 Å². The number of amides is 1. The third-order valence-corrected chi connectivity index (χ3v) is 2.98. The Morgan fingerprint density at radius 3 is 2.94 bits per heavy atom. The molecule has 1 aliphatic heterocycles. The summed E-state index contributed by atoms with van der Waals surface area (Å²) in [5.41, 5.74) is 0.663. The zero-order chi connectivity index (χ0) is 12.4. The van der Waals surface area contributed by atoms with E-state index in [1.807, 2.05) is 26.2 Å². The van der Waals surface area contributed by atoms with Crippen LogP contribution < -0.4 is 0 Å². The van der Waals surface area contributed by atoms with Gasteiger partial charge in [-0.25, -0.2) is 0 Å². The first-order valence-corrected chi connectivity index (χ1v) is 5.78. The summed E-state index contributed by atoms with van der Waals surface area (Å²) in [6.45, 7) is 2.87. The number of hydrogen-bond donors (Lipinski definition) is 1. The summed E-state index contributed by atoms with van der Waals surface area (Å²) in [4.78, 5) is 14.0. The second-order valence-electron chi connectivity index (χ2n) is 4.47. The zero-order valence-electron chi connectivity index (χ0n) is 10.2. The van der Waals surface area contributed by atoms with Crippen molar-refractivity contribution in [2.24, 2.45) is 7.05 Å². The molecular formula is C12H18N2O3. The Balaban J connectivity index is 2.11. The highest BCUT2D eigenvalue weighted by molar-refractivity contribution is 5.92. The Bertz CT molecular complexity index is 402. The maximum absolute atomic E-state index is 12.3. The van der Waals surface area contributed by atoms with Crippen molar-refractivity contribution in [3.05, 3.63) is 24.0 Å². The predicted molar refractivity (Wildman–Crippen MR) is 62.7 cm³/mol. The van der Waals surface area contributed by atoms with Gasteiger partial charge in [0.2, 0.25) is 0 Å². The van der Waals surface area contributed by atoms with Crippen LogP contribution >= 0.6 is 0 Å². The number of rotatable bonds is 2. The topological polar surface area (TPSA) is 54.7 Å². The summed E-state index contributed by atoms with van der Waals surface area (Å²) in [5, 5.41) is 9.13. The standard InChI is InChI=1S/C12H18N2O3/c1-9-6-14(7-10(8-15)17-9)12(16)11-4-3-5-13(11)2/h3-5,9-10,15H,6-8H2,1-2H3. The van der Waals surface area contributed by atoms with Crippen LogP contribution in [0.15, 0.2) is 18.3 Å². The molecule has 2 rings (SSSR count). The van der Waals surface area contributed by atoms with Gasteiger partial charge in [0, 0.05) is 26.3 Å². The molecule has 0 aromatic carbocycles. The average molecular weight is 238 g/mol. The smallest absolute Gasteiger partial charge is 0.270 e. The van der Waals surface area contributed by atoms with E-state index in [0.717, 1.165) is 0 Å². The molecule has 2 unspecified atom stereocenters. The molecule has 1 N–H and O–H groups in total. The van der Waals surface area contributed by atoms with E-state index in [4.69, 9.17) is 9.84 Å². The number of aromatic nitrogens is 1. The second-order valence-corrected chi connectivity index (χ2v) is 4.47. The molecule has 1 fully saturated rings. The van der Waals surface area contributed by atoms with E-state index < -0.39 is 0 Å². The Morgan fingerprint density at radius 2 is 2.35 bits per heavy atom. The second kappa shape index (κ2) is 4.89. The van der Waals surface area contributed by atoms with Crippen LogP contribution in [-0.4, -0.2) is 52.4 Å². The van der Waals surface area contributed by atoms with Crippen LogP contribution in [0.25, 0.3) is 0 Å². The summed E-state index contributed by atoms with van der Waals surface area (Å²) in [7, 11) is 1.85. The SMILES string of the molecule is CC1CN(C(=O)c2cccn2C)CC(CO)O1. The van der Waals surface area contributed by atoms with Gasteiger partial charge >= 0.3 is 0 Å². The van der Waals surface area contributed by atoms with E-state index in [-0.39, 0.29) is 24.7 Å². The molecule has 94 valence electrons. The Kier molecular flexibility index (Phi) is 3.49. The molecule has 5 heteroatoms. The van der Waals surface area contributed by atoms with Crippen molar-refractivity contribution >= 4 is 5.91 Å². The first-order valence-electron chi connectivity index (χ1n) is 5.78.